The Kier molecular flexibility index (Phi) is 3.63. The summed E-state index contributed by atoms with van der Waals surface area (Å²) < 4.78 is 38.1. The molecule has 0 fully saturated rings. The Labute approximate surface area is 135 Å². The van der Waals surface area contributed by atoms with Crippen molar-refractivity contribution >= 4 is 15.9 Å². The van der Waals surface area contributed by atoms with E-state index >= 15 is 0 Å². The molecule has 0 saturated heterocycles. The number of anilines is 1. The van der Waals surface area contributed by atoms with E-state index in [1.165, 1.54) is 6.07 Å². The van der Waals surface area contributed by atoms with Crippen LogP contribution in [0.15, 0.2) is 33.7 Å². The second-order valence-corrected chi connectivity index (χ2v) is 8.52. The van der Waals surface area contributed by atoms with E-state index in [1.54, 1.807) is 18.2 Å². The van der Waals surface area contributed by atoms with Gasteiger partial charge in [0.05, 0.1) is 10.6 Å². The zero-order valence-electron chi connectivity index (χ0n) is 13.6. The second kappa shape index (κ2) is 5.26. The zero-order valence-corrected chi connectivity index (χ0v) is 14.4. The topological polar surface area (TPSA) is 81.4 Å². The van der Waals surface area contributed by atoms with Gasteiger partial charge in [0.25, 0.3) is 10.0 Å². The fourth-order valence-corrected chi connectivity index (χ4v) is 3.46. The lowest BCUT2D eigenvalue weighted by atomic mass is 9.92. The molecule has 6 nitrogen and oxygen atoms in total. The van der Waals surface area contributed by atoms with Crippen LogP contribution in [0.4, 0.5) is 5.88 Å². The lowest BCUT2D eigenvalue weighted by Gasteiger charge is -2.12. The lowest BCUT2D eigenvalue weighted by Crippen LogP contribution is -2.13. The minimum absolute atomic E-state index is 0.0690. The predicted molar refractivity (Wildman–Crippen MR) is 86.2 cm³/mol. The molecule has 2 aromatic rings. The van der Waals surface area contributed by atoms with Crippen LogP contribution in [0.2, 0.25) is 0 Å². The first-order valence-corrected chi connectivity index (χ1v) is 8.93. The average molecular weight is 336 g/mol. The number of fused-ring (bicyclic) bond motifs is 1. The molecule has 1 aliphatic heterocycles. The summed E-state index contributed by atoms with van der Waals surface area (Å²) in [6.07, 6.45) is 0.773. The lowest BCUT2D eigenvalue weighted by molar-refractivity contribution is 0.254. The highest BCUT2D eigenvalue weighted by molar-refractivity contribution is 7.92. The van der Waals surface area contributed by atoms with Crippen molar-refractivity contribution < 1.29 is 17.7 Å². The van der Waals surface area contributed by atoms with Crippen LogP contribution in [-0.2, 0) is 21.9 Å². The van der Waals surface area contributed by atoms with E-state index in [0.29, 0.717) is 12.1 Å². The fraction of sp³-hybridized carbons (Fsp3) is 0.438. The van der Waals surface area contributed by atoms with E-state index in [9.17, 15) is 8.42 Å². The fourth-order valence-electron chi connectivity index (χ4n) is 2.43. The Morgan fingerprint density at radius 3 is 2.65 bits per heavy atom. The molecule has 7 heteroatoms. The van der Waals surface area contributed by atoms with E-state index in [0.717, 1.165) is 11.3 Å². The maximum Gasteiger partial charge on any atom is 0.264 e. The number of ether oxygens (including phenoxy) is 1. The largest absolute Gasteiger partial charge is 0.490 e. The molecule has 2 heterocycles. The highest BCUT2D eigenvalue weighted by Crippen LogP contribution is 2.31. The molecule has 1 unspecified atom stereocenters. The number of aromatic nitrogens is 1. The number of rotatable bonds is 3. The van der Waals surface area contributed by atoms with Gasteiger partial charge in [-0.25, -0.2) is 13.1 Å². The summed E-state index contributed by atoms with van der Waals surface area (Å²) >= 11 is 0. The summed E-state index contributed by atoms with van der Waals surface area (Å²) in [5.74, 6) is 0.853. The van der Waals surface area contributed by atoms with Crippen LogP contribution in [0.1, 0.15) is 39.0 Å². The SMILES string of the molecule is CC1Cc2cc(S(=O)(=O)Nc3cc(C(C)(C)C)no3)ccc2O1. The summed E-state index contributed by atoms with van der Waals surface area (Å²) in [6.45, 7) is 7.88. The molecule has 1 N–H and O–H groups in total. The summed E-state index contributed by atoms with van der Waals surface area (Å²) in [5.41, 5.74) is 1.37. The molecule has 0 radical (unpaired) electrons. The molecule has 1 aromatic carbocycles. The van der Waals surface area contributed by atoms with Crippen LogP contribution in [0, 0.1) is 0 Å². The molecule has 23 heavy (non-hydrogen) atoms. The third-order valence-corrected chi connectivity index (χ3v) is 5.04. The van der Waals surface area contributed by atoms with E-state index in [-0.39, 0.29) is 22.3 Å². The highest BCUT2D eigenvalue weighted by Gasteiger charge is 2.25. The summed E-state index contributed by atoms with van der Waals surface area (Å²) in [7, 11) is -3.72. The van der Waals surface area contributed by atoms with Crippen molar-refractivity contribution in [2.24, 2.45) is 0 Å². The summed E-state index contributed by atoms with van der Waals surface area (Å²) in [4.78, 5) is 0.183. The predicted octanol–water partition coefficient (Wildman–Crippen LogP) is 3.10. The highest BCUT2D eigenvalue weighted by atomic mass is 32.2. The van der Waals surface area contributed by atoms with Gasteiger partial charge in [-0.05, 0) is 30.7 Å². The van der Waals surface area contributed by atoms with Crippen LogP contribution in [0.5, 0.6) is 5.75 Å². The first-order valence-electron chi connectivity index (χ1n) is 7.45. The van der Waals surface area contributed by atoms with E-state index in [1.807, 2.05) is 27.7 Å². The molecule has 1 aromatic heterocycles. The van der Waals surface area contributed by atoms with Crippen LogP contribution >= 0.6 is 0 Å². The number of hydrogen-bond acceptors (Lipinski definition) is 5. The van der Waals surface area contributed by atoms with Crippen molar-refractivity contribution in [2.75, 3.05) is 4.72 Å². The van der Waals surface area contributed by atoms with Crippen molar-refractivity contribution in [3.05, 3.63) is 35.5 Å². The van der Waals surface area contributed by atoms with Gasteiger partial charge in [0.2, 0.25) is 5.88 Å². The summed E-state index contributed by atoms with van der Waals surface area (Å²) in [5, 5.41) is 3.91. The standard InChI is InChI=1S/C16H20N2O4S/c1-10-7-11-8-12(5-6-13(11)21-10)23(19,20)18-15-9-14(17-22-15)16(2,3)4/h5-6,8-10,18H,7H2,1-4H3. The molecule has 0 amide bonds. The molecule has 1 aliphatic rings. The minimum atomic E-state index is -3.72. The van der Waals surface area contributed by atoms with Gasteiger partial charge < -0.3 is 9.26 Å². The number of benzene rings is 1. The Balaban J connectivity index is 1.85. The van der Waals surface area contributed by atoms with Gasteiger partial charge in [0.15, 0.2) is 0 Å². The Morgan fingerprint density at radius 1 is 1.26 bits per heavy atom. The normalized spacial score (nSPS) is 17.7. The van der Waals surface area contributed by atoms with Gasteiger partial charge in [-0.3, -0.25) is 0 Å². The van der Waals surface area contributed by atoms with Crippen LogP contribution < -0.4 is 9.46 Å². The van der Waals surface area contributed by atoms with E-state index < -0.39 is 10.0 Å². The monoisotopic (exact) mass is 336 g/mol. The van der Waals surface area contributed by atoms with Crippen molar-refractivity contribution in [1.82, 2.24) is 5.16 Å². The third kappa shape index (κ3) is 3.19. The quantitative estimate of drug-likeness (QED) is 0.931. The number of nitrogens with one attached hydrogen (secondary N) is 1. The maximum atomic E-state index is 12.5. The zero-order chi connectivity index (χ0) is 16.8. The van der Waals surface area contributed by atoms with Crippen molar-refractivity contribution in [2.45, 2.75) is 50.5 Å². The number of hydrogen-bond donors (Lipinski definition) is 1. The summed E-state index contributed by atoms with van der Waals surface area (Å²) in [6, 6.07) is 6.47. The number of sulfonamides is 1. The molecule has 0 aliphatic carbocycles. The maximum absolute atomic E-state index is 12.5. The van der Waals surface area contributed by atoms with E-state index in [4.69, 9.17) is 9.26 Å². The molecule has 0 bridgehead atoms. The Bertz CT molecular complexity index is 834. The van der Waals surface area contributed by atoms with Crippen molar-refractivity contribution in [3.63, 3.8) is 0 Å². The van der Waals surface area contributed by atoms with Gasteiger partial charge in [0, 0.05) is 17.9 Å². The average Bonchev–Trinajstić information content (AvgIpc) is 3.01. The smallest absolute Gasteiger partial charge is 0.264 e. The van der Waals surface area contributed by atoms with Crippen LogP contribution in [0.25, 0.3) is 0 Å². The molecular weight excluding hydrogens is 316 g/mol. The molecular formula is C16H20N2O4S. The molecule has 0 saturated carbocycles. The van der Waals surface area contributed by atoms with Crippen LogP contribution in [0.3, 0.4) is 0 Å². The Morgan fingerprint density at radius 2 is 2.00 bits per heavy atom. The first-order chi connectivity index (χ1) is 10.6. The van der Waals surface area contributed by atoms with Crippen molar-refractivity contribution in [1.29, 1.82) is 0 Å². The number of nitrogens with zero attached hydrogens (tertiary/aromatic N) is 1. The van der Waals surface area contributed by atoms with Crippen molar-refractivity contribution in [3.8, 4) is 5.75 Å². The van der Waals surface area contributed by atoms with Crippen LogP contribution in [-0.4, -0.2) is 19.7 Å². The minimum Gasteiger partial charge on any atom is -0.490 e. The van der Waals surface area contributed by atoms with Gasteiger partial charge >= 0.3 is 0 Å². The molecule has 1 atom stereocenters. The van der Waals surface area contributed by atoms with Gasteiger partial charge in [-0.2, -0.15) is 0 Å². The van der Waals surface area contributed by atoms with Gasteiger partial charge in [-0.15, -0.1) is 0 Å². The van der Waals surface area contributed by atoms with E-state index in [2.05, 4.69) is 9.88 Å². The second-order valence-electron chi connectivity index (χ2n) is 6.83. The Hall–Kier alpha value is -2.02. The van der Waals surface area contributed by atoms with Gasteiger partial charge in [0.1, 0.15) is 11.9 Å². The molecule has 3 rings (SSSR count). The third-order valence-electron chi connectivity index (χ3n) is 3.69. The molecule has 0 spiro atoms. The van der Waals surface area contributed by atoms with Gasteiger partial charge in [-0.1, -0.05) is 25.9 Å². The first kappa shape index (κ1) is 15.9. The molecule has 124 valence electrons.